The van der Waals surface area contributed by atoms with Crippen molar-refractivity contribution in [3.63, 3.8) is 0 Å². The van der Waals surface area contributed by atoms with Gasteiger partial charge < -0.3 is 23.8 Å². The van der Waals surface area contributed by atoms with Crippen molar-refractivity contribution in [2.45, 2.75) is 62.7 Å². The number of ether oxygens (including phenoxy) is 4. The monoisotopic (exact) mass is 647 g/mol. The second-order valence-electron chi connectivity index (χ2n) is 12.3. The molecule has 0 saturated carbocycles. The molecule has 10 heteroatoms. The summed E-state index contributed by atoms with van der Waals surface area (Å²) in [5.74, 6) is 1.21. The molecule has 1 fully saturated rings. The SMILES string of the molecule is COCCCN1CCOc2ccc(CO[C@H]3CN(S(=O)(=O)c4ccc(C)cc4)[C@@H](C[C@@H](C)C#N)C[C@@H]3c3ccc(OC)cc3)cc21. The Morgan fingerprint density at radius 2 is 1.83 bits per heavy atom. The maximum atomic E-state index is 14.2. The first kappa shape index (κ1) is 33.7. The molecule has 9 nitrogen and oxygen atoms in total. The van der Waals surface area contributed by atoms with E-state index in [-0.39, 0.29) is 29.3 Å². The van der Waals surface area contributed by atoms with Crippen LogP contribution in [-0.4, -0.2) is 71.9 Å². The molecule has 3 aromatic rings. The molecule has 0 spiro atoms. The van der Waals surface area contributed by atoms with Crippen molar-refractivity contribution in [3.8, 4) is 17.6 Å². The van der Waals surface area contributed by atoms with Gasteiger partial charge in [-0.25, -0.2) is 8.42 Å². The molecule has 2 heterocycles. The van der Waals surface area contributed by atoms with Crippen LogP contribution in [0.25, 0.3) is 0 Å². The van der Waals surface area contributed by atoms with E-state index < -0.39 is 16.1 Å². The number of benzene rings is 3. The third kappa shape index (κ3) is 7.84. The summed E-state index contributed by atoms with van der Waals surface area (Å²) in [4.78, 5) is 2.57. The van der Waals surface area contributed by atoms with E-state index in [0.717, 1.165) is 53.4 Å². The van der Waals surface area contributed by atoms with Gasteiger partial charge in [0, 0.05) is 44.7 Å². The average Bonchev–Trinajstić information content (AvgIpc) is 3.07. The standard InChI is InChI=1S/C36H45N3O6S/c1-26-6-13-32(14-7-26)46(40,41)39-24-36(33(22-30(39)20-27(2)23-37)29-9-11-31(43-4)12-10-29)45-25-28-8-15-35-34(21-28)38(17-19-44-35)16-5-18-42-3/h6-15,21,27,30,33,36H,5,16-20,22,24-25H2,1-4H3/t27-,30+,33-,36+/m1/s1. The van der Waals surface area contributed by atoms with E-state index in [0.29, 0.717) is 32.7 Å². The minimum atomic E-state index is -3.85. The van der Waals surface area contributed by atoms with Gasteiger partial charge in [0.25, 0.3) is 0 Å². The van der Waals surface area contributed by atoms with Gasteiger partial charge in [0.15, 0.2) is 0 Å². The van der Waals surface area contributed by atoms with E-state index in [2.05, 4.69) is 17.0 Å². The van der Waals surface area contributed by atoms with Crippen molar-refractivity contribution in [2.24, 2.45) is 5.92 Å². The molecular weight excluding hydrogens is 602 g/mol. The third-order valence-corrected chi connectivity index (χ3v) is 10.9. The second kappa shape index (κ2) is 15.3. The first-order chi connectivity index (χ1) is 22.2. The van der Waals surface area contributed by atoms with E-state index in [1.54, 1.807) is 30.7 Å². The van der Waals surface area contributed by atoms with Crippen molar-refractivity contribution < 1.29 is 27.4 Å². The Kier molecular flexibility index (Phi) is 11.2. The fourth-order valence-corrected chi connectivity index (χ4v) is 8.10. The zero-order valence-electron chi connectivity index (χ0n) is 27.2. The number of hydrogen-bond acceptors (Lipinski definition) is 8. The van der Waals surface area contributed by atoms with Crippen LogP contribution < -0.4 is 14.4 Å². The lowest BCUT2D eigenvalue weighted by atomic mass is 9.82. The number of piperidine rings is 1. The number of nitriles is 1. The van der Waals surface area contributed by atoms with Gasteiger partial charge in [-0.2, -0.15) is 9.57 Å². The van der Waals surface area contributed by atoms with Crippen LogP contribution in [0.1, 0.15) is 48.8 Å². The molecule has 0 N–H and O–H groups in total. The third-order valence-electron chi connectivity index (χ3n) is 8.98. The minimum absolute atomic E-state index is 0.0854. The van der Waals surface area contributed by atoms with E-state index in [9.17, 15) is 13.7 Å². The number of hydrogen-bond donors (Lipinski definition) is 0. The number of methoxy groups -OCH3 is 2. The van der Waals surface area contributed by atoms with E-state index >= 15 is 0 Å². The van der Waals surface area contributed by atoms with Gasteiger partial charge in [0.05, 0.1) is 43.0 Å². The highest BCUT2D eigenvalue weighted by molar-refractivity contribution is 7.89. The maximum absolute atomic E-state index is 14.2. The molecule has 5 rings (SSSR count). The maximum Gasteiger partial charge on any atom is 0.243 e. The van der Waals surface area contributed by atoms with Crippen molar-refractivity contribution in [2.75, 3.05) is 52.0 Å². The average molecular weight is 648 g/mol. The zero-order chi connectivity index (χ0) is 32.7. The molecule has 246 valence electrons. The molecule has 3 aromatic carbocycles. The van der Waals surface area contributed by atoms with Crippen LogP contribution in [0.4, 0.5) is 5.69 Å². The lowest BCUT2D eigenvalue weighted by Gasteiger charge is -2.43. The summed E-state index contributed by atoms with van der Waals surface area (Å²) in [5, 5.41) is 9.69. The first-order valence-corrected chi connectivity index (χ1v) is 17.4. The Morgan fingerprint density at radius 1 is 1.07 bits per heavy atom. The van der Waals surface area contributed by atoms with E-state index in [1.807, 2.05) is 62.4 Å². The predicted octanol–water partition coefficient (Wildman–Crippen LogP) is 5.92. The molecule has 0 amide bonds. The van der Waals surface area contributed by atoms with Crippen LogP contribution >= 0.6 is 0 Å². The number of sulfonamides is 1. The zero-order valence-corrected chi connectivity index (χ0v) is 28.0. The van der Waals surface area contributed by atoms with Gasteiger partial charge in [-0.1, -0.05) is 35.9 Å². The van der Waals surface area contributed by atoms with E-state index in [4.69, 9.17) is 18.9 Å². The van der Waals surface area contributed by atoms with Crippen LogP contribution in [0.2, 0.25) is 0 Å². The number of aryl methyl sites for hydroxylation is 1. The van der Waals surface area contributed by atoms with Crippen molar-refractivity contribution in [1.82, 2.24) is 4.31 Å². The highest BCUT2D eigenvalue weighted by atomic mass is 32.2. The largest absolute Gasteiger partial charge is 0.497 e. The minimum Gasteiger partial charge on any atom is -0.497 e. The van der Waals surface area contributed by atoms with Gasteiger partial charge in [0.1, 0.15) is 18.1 Å². The molecule has 0 aromatic heterocycles. The van der Waals surface area contributed by atoms with Crippen molar-refractivity contribution in [3.05, 3.63) is 83.4 Å². The summed E-state index contributed by atoms with van der Waals surface area (Å²) in [5.41, 5.74) is 4.06. The second-order valence-corrected chi connectivity index (χ2v) is 14.1. The molecule has 0 unspecified atom stereocenters. The quantitative estimate of drug-likeness (QED) is 0.211. The van der Waals surface area contributed by atoms with Gasteiger partial charge >= 0.3 is 0 Å². The summed E-state index contributed by atoms with van der Waals surface area (Å²) in [6.07, 6.45) is 1.45. The summed E-state index contributed by atoms with van der Waals surface area (Å²) >= 11 is 0. The molecule has 0 bridgehead atoms. The Morgan fingerprint density at radius 3 is 2.52 bits per heavy atom. The topological polar surface area (TPSA) is 101 Å². The fourth-order valence-electron chi connectivity index (χ4n) is 6.44. The summed E-state index contributed by atoms with van der Waals surface area (Å²) in [7, 11) is -0.503. The number of anilines is 1. The molecule has 4 atom stereocenters. The number of rotatable bonds is 13. The van der Waals surface area contributed by atoms with Crippen molar-refractivity contribution in [1.29, 1.82) is 5.26 Å². The molecular formula is C36H45N3O6S. The normalized spacial score (nSPS) is 20.8. The van der Waals surface area contributed by atoms with Crippen molar-refractivity contribution >= 4 is 15.7 Å². The Hall–Kier alpha value is -3.62. The lowest BCUT2D eigenvalue weighted by molar-refractivity contribution is -0.0217. The summed E-state index contributed by atoms with van der Waals surface area (Å²) in [6.45, 7) is 7.27. The van der Waals surface area contributed by atoms with Gasteiger partial charge in [-0.3, -0.25) is 0 Å². The lowest BCUT2D eigenvalue weighted by Crippen LogP contribution is -2.52. The highest BCUT2D eigenvalue weighted by Crippen LogP contribution is 2.40. The molecule has 1 saturated heterocycles. The van der Waals surface area contributed by atoms with Crippen LogP contribution in [-0.2, 0) is 26.1 Å². The smallest absolute Gasteiger partial charge is 0.243 e. The number of fused-ring (bicyclic) bond motifs is 1. The van der Waals surface area contributed by atoms with Gasteiger partial charge in [-0.05, 0) is 80.6 Å². The van der Waals surface area contributed by atoms with Crippen LogP contribution in [0.3, 0.4) is 0 Å². The van der Waals surface area contributed by atoms with Crippen LogP contribution in [0, 0.1) is 24.2 Å². The van der Waals surface area contributed by atoms with E-state index in [1.165, 1.54) is 0 Å². The Labute approximate surface area is 273 Å². The summed E-state index contributed by atoms with van der Waals surface area (Å²) in [6, 6.07) is 22.9. The number of nitrogens with zero attached hydrogens (tertiary/aromatic N) is 3. The fraction of sp³-hybridized carbons (Fsp3) is 0.472. The van der Waals surface area contributed by atoms with Crippen LogP contribution in [0.15, 0.2) is 71.6 Å². The highest BCUT2D eigenvalue weighted by Gasteiger charge is 2.43. The first-order valence-electron chi connectivity index (χ1n) is 16.0. The molecule has 0 radical (unpaired) electrons. The van der Waals surface area contributed by atoms with Gasteiger partial charge in [0.2, 0.25) is 10.0 Å². The summed E-state index contributed by atoms with van der Waals surface area (Å²) < 4.78 is 53.2. The van der Waals surface area contributed by atoms with Gasteiger partial charge in [-0.15, -0.1) is 0 Å². The predicted molar refractivity (Wildman–Crippen MR) is 178 cm³/mol. The molecule has 2 aliphatic rings. The molecule has 46 heavy (non-hydrogen) atoms. The Bertz CT molecular complexity index is 1590. The molecule has 2 aliphatic heterocycles. The van der Waals surface area contributed by atoms with Crippen LogP contribution in [0.5, 0.6) is 11.5 Å². The molecule has 0 aliphatic carbocycles. The Balaban J connectivity index is 1.45.